The number of allylic oxidation sites excluding steroid dienone is 1. The summed E-state index contributed by atoms with van der Waals surface area (Å²) >= 11 is 0. The van der Waals surface area contributed by atoms with E-state index < -0.39 is 0 Å². The van der Waals surface area contributed by atoms with Gasteiger partial charge in [0.1, 0.15) is 5.69 Å². The Hall–Kier alpha value is -1.64. The molecule has 0 atom stereocenters. The lowest BCUT2D eigenvalue weighted by atomic mass is 9.99. The zero-order chi connectivity index (χ0) is 12.6. The van der Waals surface area contributed by atoms with Gasteiger partial charge in [-0.05, 0) is 23.5 Å². The van der Waals surface area contributed by atoms with E-state index in [1.54, 1.807) is 0 Å². The fraction of sp³-hybridized carbons (Fsp3) is 0.429. The number of nitrogens with one attached hydrogen (secondary N) is 1. The summed E-state index contributed by atoms with van der Waals surface area (Å²) < 4.78 is 0. The molecule has 0 amide bonds. The molecule has 2 rings (SSSR count). The van der Waals surface area contributed by atoms with Gasteiger partial charge in [0.25, 0.3) is 0 Å². The summed E-state index contributed by atoms with van der Waals surface area (Å²) in [5, 5.41) is 3.25. The van der Waals surface area contributed by atoms with E-state index in [4.69, 9.17) is 4.99 Å². The first-order valence-electron chi connectivity index (χ1n) is 6.04. The second kappa shape index (κ2) is 4.32. The Kier molecular flexibility index (Phi) is 3.01. The van der Waals surface area contributed by atoms with Crippen molar-refractivity contribution in [3.05, 3.63) is 30.1 Å². The number of anilines is 1. The first kappa shape index (κ1) is 11.8. The Morgan fingerprint density at radius 2 is 1.88 bits per heavy atom. The fourth-order valence-corrected chi connectivity index (χ4v) is 2.02. The van der Waals surface area contributed by atoms with Crippen molar-refractivity contribution in [3.8, 4) is 0 Å². The molecule has 17 heavy (non-hydrogen) atoms. The number of pyridine rings is 1. The molecule has 1 N–H and O–H groups in total. The summed E-state index contributed by atoms with van der Waals surface area (Å²) in [6, 6.07) is 2.04. The molecule has 0 spiro atoms. The first-order chi connectivity index (χ1) is 8.00. The van der Waals surface area contributed by atoms with Crippen LogP contribution in [-0.4, -0.2) is 10.7 Å². The quantitative estimate of drug-likeness (QED) is 0.835. The standard InChI is InChI=1S/C14H19N3/c1-8(2)11-6-7-15-14-13(11)17-12(9(3)4)10(5)16-14/h6-9H,5H2,1-4H3,(H,15,16). The lowest BCUT2D eigenvalue weighted by molar-refractivity contribution is 0.853. The third-order valence-corrected chi connectivity index (χ3v) is 2.94. The minimum Gasteiger partial charge on any atom is -0.337 e. The van der Waals surface area contributed by atoms with Crippen LogP contribution in [0, 0.1) is 5.92 Å². The zero-order valence-corrected chi connectivity index (χ0v) is 10.9. The van der Waals surface area contributed by atoms with Gasteiger partial charge in [0, 0.05) is 6.20 Å². The topological polar surface area (TPSA) is 37.3 Å². The second-order valence-electron chi connectivity index (χ2n) is 5.01. The maximum Gasteiger partial charge on any atom is 0.156 e. The average Bonchev–Trinajstić information content (AvgIpc) is 2.26. The Morgan fingerprint density at radius 1 is 1.18 bits per heavy atom. The Bertz CT molecular complexity index is 484. The molecule has 90 valence electrons. The van der Waals surface area contributed by atoms with Gasteiger partial charge >= 0.3 is 0 Å². The molecule has 0 fully saturated rings. The van der Waals surface area contributed by atoms with Crippen LogP contribution in [0.1, 0.15) is 39.2 Å². The lowest BCUT2D eigenvalue weighted by Crippen LogP contribution is -2.20. The van der Waals surface area contributed by atoms with Gasteiger partial charge in [-0.1, -0.05) is 34.3 Å². The highest BCUT2D eigenvalue weighted by Crippen LogP contribution is 2.36. The van der Waals surface area contributed by atoms with Crippen molar-refractivity contribution in [1.29, 1.82) is 0 Å². The molecule has 3 heteroatoms. The maximum absolute atomic E-state index is 4.74. The van der Waals surface area contributed by atoms with Crippen LogP contribution in [0.5, 0.6) is 0 Å². The Balaban J connectivity index is 2.58. The van der Waals surface area contributed by atoms with Gasteiger partial charge in [0.2, 0.25) is 0 Å². The first-order valence-corrected chi connectivity index (χ1v) is 6.04. The zero-order valence-electron chi connectivity index (χ0n) is 10.9. The van der Waals surface area contributed by atoms with Crippen LogP contribution >= 0.6 is 0 Å². The predicted molar refractivity (Wildman–Crippen MR) is 73.0 cm³/mol. The minimum atomic E-state index is 0.364. The molecule has 0 bridgehead atoms. The van der Waals surface area contributed by atoms with E-state index in [2.05, 4.69) is 44.6 Å². The molecule has 1 aromatic rings. The van der Waals surface area contributed by atoms with Crippen LogP contribution in [0.25, 0.3) is 0 Å². The van der Waals surface area contributed by atoms with Crippen molar-refractivity contribution in [2.75, 3.05) is 5.32 Å². The van der Waals surface area contributed by atoms with Crippen LogP contribution in [0.2, 0.25) is 0 Å². The van der Waals surface area contributed by atoms with E-state index in [1.165, 1.54) is 5.56 Å². The average molecular weight is 229 g/mol. The van der Waals surface area contributed by atoms with Crippen molar-refractivity contribution in [1.82, 2.24) is 4.98 Å². The van der Waals surface area contributed by atoms with Gasteiger partial charge in [-0.2, -0.15) is 0 Å². The normalized spacial score (nSPS) is 14.7. The lowest BCUT2D eigenvalue weighted by Gasteiger charge is -2.23. The highest BCUT2D eigenvalue weighted by Gasteiger charge is 2.21. The molecule has 0 radical (unpaired) electrons. The molecule has 0 unspecified atom stereocenters. The SMILES string of the molecule is C=C1Nc2nccc(C(C)C)c2N=C1C(C)C. The predicted octanol–water partition coefficient (Wildman–Crippen LogP) is 3.87. The van der Waals surface area contributed by atoms with Crippen LogP contribution in [0.15, 0.2) is 29.5 Å². The molecule has 2 heterocycles. The number of nitrogens with zero attached hydrogens (tertiary/aromatic N) is 2. The third kappa shape index (κ3) is 2.09. The molecule has 0 saturated carbocycles. The number of rotatable bonds is 2. The summed E-state index contributed by atoms with van der Waals surface area (Å²) in [5.41, 5.74) is 4.08. The van der Waals surface area contributed by atoms with Crippen molar-refractivity contribution in [2.45, 2.75) is 33.6 Å². The van der Waals surface area contributed by atoms with E-state index in [0.29, 0.717) is 11.8 Å². The summed E-state index contributed by atoms with van der Waals surface area (Å²) in [7, 11) is 0. The highest BCUT2D eigenvalue weighted by molar-refractivity contribution is 6.07. The van der Waals surface area contributed by atoms with E-state index in [-0.39, 0.29) is 0 Å². The van der Waals surface area contributed by atoms with Gasteiger partial charge in [0.05, 0.1) is 11.4 Å². The van der Waals surface area contributed by atoms with Crippen molar-refractivity contribution in [2.24, 2.45) is 10.9 Å². The summed E-state index contributed by atoms with van der Waals surface area (Å²) in [6.45, 7) is 12.6. The van der Waals surface area contributed by atoms with Crippen LogP contribution < -0.4 is 5.32 Å². The number of aliphatic imine (C=N–C) groups is 1. The Morgan fingerprint density at radius 3 is 2.47 bits per heavy atom. The minimum absolute atomic E-state index is 0.364. The number of fused-ring (bicyclic) bond motifs is 1. The van der Waals surface area contributed by atoms with E-state index in [9.17, 15) is 0 Å². The highest BCUT2D eigenvalue weighted by atomic mass is 15.1. The van der Waals surface area contributed by atoms with Gasteiger partial charge in [-0.3, -0.25) is 0 Å². The van der Waals surface area contributed by atoms with Crippen LogP contribution in [0.4, 0.5) is 11.5 Å². The van der Waals surface area contributed by atoms with Crippen molar-refractivity contribution < 1.29 is 0 Å². The molecule has 3 nitrogen and oxygen atoms in total. The van der Waals surface area contributed by atoms with Gasteiger partial charge in [0.15, 0.2) is 5.82 Å². The van der Waals surface area contributed by atoms with E-state index in [0.717, 1.165) is 22.9 Å². The Labute approximate surface area is 103 Å². The largest absolute Gasteiger partial charge is 0.337 e. The smallest absolute Gasteiger partial charge is 0.156 e. The van der Waals surface area contributed by atoms with E-state index >= 15 is 0 Å². The molecule has 1 aliphatic heterocycles. The molecular weight excluding hydrogens is 210 g/mol. The fourth-order valence-electron chi connectivity index (χ4n) is 2.02. The molecular formula is C14H19N3. The van der Waals surface area contributed by atoms with Crippen LogP contribution in [0.3, 0.4) is 0 Å². The van der Waals surface area contributed by atoms with Crippen LogP contribution in [-0.2, 0) is 0 Å². The molecule has 0 aliphatic carbocycles. The summed E-state index contributed by atoms with van der Waals surface area (Å²) in [5.74, 6) is 1.63. The molecule has 0 saturated heterocycles. The van der Waals surface area contributed by atoms with Crippen molar-refractivity contribution in [3.63, 3.8) is 0 Å². The third-order valence-electron chi connectivity index (χ3n) is 2.94. The molecule has 1 aliphatic rings. The molecule has 1 aromatic heterocycles. The van der Waals surface area contributed by atoms with Gasteiger partial charge < -0.3 is 5.32 Å². The number of hydrogen-bond donors (Lipinski definition) is 1. The number of hydrogen-bond acceptors (Lipinski definition) is 3. The van der Waals surface area contributed by atoms with Gasteiger partial charge in [-0.15, -0.1) is 0 Å². The van der Waals surface area contributed by atoms with Gasteiger partial charge in [-0.25, -0.2) is 9.98 Å². The summed E-state index contributed by atoms with van der Waals surface area (Å²) in [4.78, 5) is 9.07. The van der Waals surface area contributed by atoms with Crippen molar-refractivity contribution >= 4 is 17.2 Å². The monoisotopic (exact) mass is 229 g/mol. The molecule has 0 aromatic carbocycles. The maximum atomic E-state index is 4.74. The number of aromatic nitrogens is 1. The second-order valence-corrected chi connectivity index (χ2v) is 5.01. The summed E-state index contributed by atoms with van der Waals surface area (Å²) in [6.07, 6.45) is 1.82. The van der Waals surface area contributed by atoms with E-state index in [1.807, 2.05) is 12.3 Å².